The number of methoxy groups -OCH3 is 2. The van der Waals surface area contributed by atoms with Gasteiger partial charge in [-0.25, -0.2) is 28.8 Å². The fourth-order valence-electron chi connectivity index (χ4n) is 1.86. The summed E-state index contributed by atoms with van der Waals surface area (Å²) in [5.41, 5.74) is 0. The minimum Gasteiger partial charge on any atom is -0.449 e. The standard InChI is InChI=1S/C21H34N2O14/c1-11(30-6)8-32-20(28)22-9-23-21(29)37-15(5)19(27)36-14(4)17(25)34-10-33-16(24)13(3)35-18(26)12(2)31-7/h11-15H,8-10H2,1-7H3,(H,22,28)(H,23,29). The van der Waals surface area contributed by atoms with Crippen LogP contribution in [0.5, 0.6) is 0 Å². The minimum atomic E-state index is -1.44. The van der Waals surface area contributed by atoms with E-state index < -0.39 is 67.3 Å². The molecule has 0 aliphatic heterocycles. The number of ether oxygens (including phenoxy) is 8. The summed E-state index contributed by atoms with van der Waals surface area (Å²) in [4.78, 5) is 70.5. The van der Waals surface area contributed by atoms with Gasteiger partial charge in [-0.15, -0.1) is 0 Å². The molecule has 2 N–H and O–H groups in total. The number of rotatable bonds is 15. The summed E-state index contributed by atoms with van der Waals surface area (Å²) in [5, 5.41) is 4.38. The van der Waals surface area contributed by atoms with Gasteiger partial charge < -0.3 is 48.5 Å². The van der Waals surface area contributed by atoms with Gasteiger partial charge in [-0.1, -0.05) is 0 Å². The molecule has 0 fully saturated rings. The van der Waals surface area contributed by atoms with E-state index in [1.54, 1.807) is 6.92 Å². The third kappa shape index (κ3) is 14.5. The van der Waals surface area contributed by atoms with Crippen LogP contribution >= 0.6 is 0 Å². The Bertz CT molecular complexity index is 789. The highest BCUT2D eigenvalue weighted by Gasteiger charge is 2.27. The molecule has 212 valence electrons. The lowest BCUT2D eigenvalue weighted by molar-refractivity contribution is -0.187. The van der Waals surface area contributed by atoms with Crippen LogP contribution in [0, 0.1) is 0 Å². The molecule has 0 aromatic rings. The van der Waals surface area contributed by atoms with Crippen molar-refractivity contribution >= 4 is 36.1 Å². The Kier molecular flexibility index (Phi) is 16.0. The van der Waals surface area contributed by atoms with Gasteiger partial charge >= 0.3 is 36.1 Å². The van der Waals surface area contributed by atoms with E-state index in [1.807, 2.05) is 0 Å². The molecule has 5 unspecified atom stereocenters. The quantitative estimate of drug-likeness (QED) is 0.157. The molecule has 0 aliphatic rings. The molecule has 0 aliphatic carbocycles. The first-order valence-electron chi connectivity index (χ1n) is 11.0. The van der Waals surface area contributed by atoms with Crippen molar-refractivity contribution in [2.24, 2.45) is 0 Å². The van der Waals surface area contributed by atoms with Crippen LogP contribution in [0.1, 0.15) is 34.6 Å². The van der Waals surface area contributed by atoms with Crippen LogP contribution in [0.3, 0.4) is 0 Å². The Labute approximate surface area is 213 Å². The molecule has 16 heteroatoms. The molecule has 0 saturated heterocycles. The normalized spacial score (nSPS) is 14.5. The van der Waals surface area contributed by atoms with Crippen molar-refractivity contribution in [2.75, 3.05) is 34.3 Å². The van der Waals surface area contributed by atoms with Crippen molar-refractivity contribution in [1.29, 1.82) is 0 Å². The molecule has 0 rings (SSSR count). The maximum absolute atomic E-state index is 12.0. The van der Waals surface area contributed by atoms with Gasteiger partial charge in [-0.05, 0) is 34.6 Å². The van der Waals surface area contributed by atoms with Crippen molar-refractivity contribution < 1.29 is 66.7 Å². The Hall–Kier alpha value is -3.66. The molecule has 0 spiro atoms. The van der Waals surface area contributed by atoms with Gasteiger partial charge in [-0.2, -0.15) is 0 Å². The molecule has 5 atom stereocenters. The van der Waals surface area contributed by atoms with E-state index in [9.17, 15) is 28.8 Å². The second kappa shape index (κ2) is 17.7. The summed E-state index contributed by atoms with van der Waals surface area (Å²) in [6.45, 7) is 5.52. The molecule has 37 heavy (non-hydrogen) atoms. The summed E-state index contributed by atoms with van der Waals surface area (Å²) in [5.74, 6) is -3.93. The summed E-state index contributed by atoms with van der Waals surface area (Å²) in [7, 11) is 2.74. The fraction of sp³-hybridized carbons (Fsp3) is 0.714. The summed E-state index contributed by atoms with van der Waals surface area (Å²) < 4.78 is 38.2. The zero-order chi connectivity index (χ0) is 28.5. The molecule has 0 aromatic carbocycles. The van der Waals surface area contributed by atoms with Crippen LogP contribution in [-0.4, -0.2) is 101 Å². The van der Waals surface area contributed by atoms with Crippen LogP contribution in [-0.2, 0) is 57.1 Å². The van der Waals surface area contributed by atoms with Crippen molar-refractivity contribution in [2.45, 2.75) is 65.1 Å². The number of hydrogen-bond acceptors (Lipinski definition) is 14. The third-order valence-corrected chi connectivity index (χ3v) is 4.27. The first-order chi connectivity index (χ1) is 17.3. The van der Waals surface area contributed by atoms with E-state index in [-0.39, 0.29) is 19.4 Å². The maximum Gasteiger partial charge on any atom is 0.409 e. The molecular weight excluding hydrogens is 504 g/mol. The van der Waals surface area contributed by atoms with E-state index in [0.717, 1.165) is 0 Å². The van der Waals surface area contributed by atoms with E-state index in [0.29, 0.717) is 0 Å². The van der Waals surface area contributed by atoms with E-state index in [1.165, 1.54) is 41.9 Å². The molecule has 0 bridgehead atoms. The second-order valence-corrected chi connectivity index (χ2v) is 7.30. The molecule has 0 heterocycles. The third-order valence-electron chi connectivity index (χ3n) is 4.27. The van der Waals surface area contributed by atoms with Crippen LogP contribution in [0.4, 0.5) is 9.59 Å². The summed E-state index contributed by atoms with van der Waals surface area (Å²) >= 11 is 0. The maximum atomic E-state index is 12.0. The number of carbonyl (C=O) groups excluding carboxylic acids is 6. The van der Waals surface area contributed by atoms with Crippen LogP contribution < -0.4 is 10.6 Å². The zero-order valence-electron chi connectivity index (χ0n) is 21.7. The monoisotopic (exact) mass is 538 g/mol. The number of nitrogens with one attached hydrogen (secondary N) is 2. The van der Waals surface area contributed by atoms with E-state index in [4.69, 9.17) is 28.4 Å². The lowest BCUT2D eigenvalue weighted by Gasteiger charge is -2.17. The Morgan fingerprint density at radius 1 is 0.568 bits per heavy atom. The van der Waals surface area contributed by atoms with Gasteiger partial charge in [0.25, 0.3) is 0 Å². The van der Waals surface area contributed by atoms with Crippen molar-refractivity contribution in [3.63, 3.8) is 0 Å². The highest BCUT2D eigenvalue weighted by Crippen LogP contribution is 2.04. The topological polar surface area (TPSA) is 200 Å². The number of carbonyl (C=O) groups is 6. The van der Waals surface area contributed by atoms with Crippen LogP contribution in [0.2, 0.25) is 0 Å². The number of alkyl carbamates (subject to hydrolysis) is 2. The van der Waals surface area contributed by atoms with Crippen LogP contribution in [0.15, 0.2) is 0 Å². The van der Waals surface area contributed by atoms with E-state index >= 15 is 0 Å². The molecule has 2 amide bonds. The van der Waals surface area contributed by atoms with Gasteiger partial charge in [0, 0.05) is 14.2 Å². The molecule has 16 nitrogen and oxygen atoms in total. The number of hydrogen-bond donors (Lipinski definition) is 2. The average molecular weight is 539 g/mol. The van der Waals surface area contributed by atoms with Crippen molar-refractivity contribution in [1.82, 2.24) is 10.6 Å². The first-order valence-corrected chi connectivity index (χ1v) is 11.0. The lowest BCUT2D eigenvalue weighted by Crippen LogP contribution is -2.41. The Morgan fingerprint density at radius 3 is 1.51 bits per heavy atom. The first kappa shape index (κ1) is 33.3. The fourth-order valence-corrected chi connectivity index (χ4v) is 1.86. The summed E-state index contributed by atoms with van der Waals surface area (Å²) in [6, 6.07) is 0. The smallest absolute Gasteiger partial charge is 0.409 e. The highest BCUT2D eigenvalue weighted by atomic mass is 16.7. The van der Waals surface area contributed by atoms with E-state index in [2.05, 4.69) is 20.1 Å². The Balaban J connectivity index is 4.27. The lowest BCUT2D eigenvalue weighted by atomic mass is 10.4. The largest absolute Gasteiger partial charge is 0.449 e. The second-order valence-electron chi connectivity index (χ2n) is 7.30. The summed E-state index contributed by atoms with van der Waals surface area (Å²) in [6.07, 6.45) is -7.23. The Morgan fingerprint density at radius 2 is 1.03 bits per heavy atom. The molecule has 0 radical (unpaired) electrons. The predicted octanol–water partition coefficient (Wildman–Crippen LogP) is -0.238. The predicted molar refractivity (Wildman–Crippen MR) is 120 cm³/mol. The average Bonchev–Trinajstić information content (AvgIpc) is 2.85. The van der Waals surface area contributed by atoms with Crippen LogP contribution in [0.25, 0.3) is 0 Å². The number of esters is 4. The molecule has 0 aromatic heterocycles. The van der Waals surface area contributed by atoms with Gasteiger partial charge in [0.05, 0.1) is 12.8 Å². The minimum absolute atomic E-state index is 0.00146. The SMILES string of the molecule is COC(C)COC(=O)NCNC(=O)OC(C)C(=O)OC(C)C(=O)OCOC(=O)C(C)OC(=O)C(C)OC. The van der Waals surface area contributed by atoms with Gasteiger partial charge in [0.1, 0.15) is 6.61 Å². The van der Waals surface area contributed by atoms with Gasteiger partial charge in [-0.3, -0.25) is 0 Å². The molecule has 0 saturated carbocycles. The molecular formula is C21H34N2O14. The van der Waals surface area contributed by atoms with Crippen molar-refractivity contribution in [3.05, 3.63) is 0 Å². The van der Waals surface area contributed by atoms with Gasteiger partial charge in [0.2, 0.25) is 6.79 Å². The highest BCUT2D eigenvalue weighted by molar-refractivity contribution is 5.83. The van der Waals surface area contributed by atoms with Gasteiger partial charge in [0.15, 0.2) is 24.4 Å². The van der Waals surface area contributed by atoms with Crippen molar-refractivity contribution in [3.8, 4) is 0 Å². The zero-order valence-corrected chi connectivity index (χ0v) is 21.7. The number of amides is 2.